The number of aromatic nitrogens is 2. The van der Waals surface area contributed by atoms with Crippen molar-refractivity contribution in [3.05, 3.63) is 35.7 Å². The van der Waals surface area contributed by atoms with Gasteiger partial charge >= 0.3 is 5.97 Å². The third-order valence-corrected chi connectivity index (χ3v) is 2.14. The maximum Gasteiger partial charge on any atom is 0.328 e. The molecule has 0 saturated carbocycles. The van der Waals surface area contributed by atoms with Gasteiger partial charge in [-0.2, -0.15) is 5.26 Å². The number of fused-ring (bicyclic) bond motifs is 1. The van der Waals surface area contributed by atoms with Gasteiger partial charge in [-0.25, -0.2) is 9.78 Å². The summed E-state index contributed by atoms with van der Waals surface area (Å²) in [5.74, 6) is -1.06. The van der Waals surface area contributed by atoms with Crippen LogP contribution in [0.15, 0.2) is 24.5 Å². The van der Waals surface area contributed by atoms with Crippen molar-refractivity contribution in [2.45, 2.75) is 0 Å². The fourth-order valence-corrected chi connectivity index (χ4v) is 1.45. The Morgan fingerprint density at radius 2 is 2.38 bits per heavy atom. The van der Waals surface area contributed by atoms with Crippen LogP contribution in [0, 0.1) is 11.3 Å². The molecule has 0 amide bonds. The summed E-state index contributed by atoms with van der Waals surface area (Å²) in [6, 6.07) is 5.37. The number of imidazole rings is 1. The third-order valence-electron chi connectivity index (χ3n) is 2.14. The lowest BCUT2D eigenvalue weighted by Gasteiger charge is -1.98. The molecule has 0 aliphatic carbocycles. The van der Waals surface area contributed by atoms with Gasteiger partial charge < -0.3 is 10.1 Å². The van der Waals surface area contributed by atoms with Gasteiger partial charge in [-0.05, 0) is 18.2 Å². The van der Waals surface area contributed by atoms with E-state index in [2.05, 4.69) is 9.97 Å². The molecule has 1 aromatic carbocycles. The van der Waals surface area contributed by atoms with Crippen molar-refractivity contribution in [3.8, 4) is 6.07 Å². The number of hydrogen-bond donors (Lipinski definition) is 2. The Kier molecular flexibility index (Phi) is 2.40. The van der Waals surface area contributed by atoms with E-state index in [1.54, 1.807) is 12.1 Å². The van der Waals surface area contributed by atoms with Gasteiger partial charge in [0, 0.05) is 11.6 Å². The van der Waals surface area contributed by atoms with E-state index in [1.165, 1.54) is 12.4 Å². The number of nitrogens with zero attached hydrogens (tertiary/aromatic N) is 2. The minimum absolute atomic E-state index is 0.400. The predicted molar refractivity (Wildman–Crippen MR) is 57.5 cm³/mol. The quantitative estimate of drug-likeness (QED) is 0.740. The van der Waals surface area contributed by atoms with Gasteiger partial charge in [-0.1, -0.05) is 0 Å². The number of nitriles is 1. The molecule has 0 spiro atoms. The smallest absolute Gasteiger partial charge is 0.328 e. The number of H-pyrrole nitrogens is 1. The van der Waals surface area contributed by atoms with E-state index < -0.39 is 5.97 Å². The Bertz CT molecular complexity index is 620. The molecule has 2 rings (SSSR count). The number of aliphatic carboxylic acids is 1. The Hall–Kier alpha value is -2.61. The first-order valence-corrected chi connectivity index (χ1v) is 4.49. The first kappa shape index (κ1) is 9.93. The van der Waals surface area contributed by atoms with Crippen molar-refractivity contribution in [3.63, 3.8) is 0 Å². The Morgan fingerprint density at radius 1 is 1.56 bits per heavy atom. The van der Waals surface area contributed by atoms with Crippen LogP contribution in [0.25, 0.3) is 17.1 Å². The van der Waals surface area contributed by atoms with Crippen LogP contribution < -0.4 is 0 Å². The van der Waals surface area contributed by atoms with Crippen LogP contribution in [-0.2, 0) is 4.79 Å². The monoisotopic (exact) mass is 213 g/mol. The van der Waals surface area contributed by atoms with Crippen molar-refractivity contribution in [1.82, 2.24) is 9.97 Å². The van der Waals surface area contributed by atoms with Crippen LogP contribution in [0.2, 0.25) is 0 Å². The zero-order valence-corrected chi connectivity index (χ0v) is 8.14. The lowest BCUT2D eigenvalue weighted by atomic mass is 10.1. The van der Waals surface area contributed by atoms with Crippen LogP contribution in [-0.4, -0.2) is 21.0 Å². The Morgan fingerprint density at radius 3 is 3.06 bits per heavy atom. The first-order valence-electron chi connectivity index (χ1n) is 4.49. The number of carboxylic acid groups (broad SMARTS) is 1. The molecular formula is C11H7N3O2. The number of carbonyl (C=O) groups is 1. The van der Waals surface area contributed by atoms with Crippen LogP contribution in [0.3, 0.4) is 0 Å². The topological polar surface area (TPSA) is 89.8 Å². The highest BCUT2D eigenvalue weighted by Gasteiger charge is 2.07. The molecule has 0 unspecified atom stereocenters. The minimum Gasteiger partial charge on any atom is -0.478 e. The number of hydrogen-bond acceptors (Lipinski definition) is 3. The maximum absolute atomic E-state index is 10.4. The second kappa shape index (κ2) is 3.87. The first-order chi connectivity index (χ1) is 7.72. The van der Waals surface area contributed by atoms with E-state index in [0.29, 0.717) is 16.6 Å². The Balaban J connectivity index is 2.67. The highest BCUT2D eigenvalue weighted by Crippen LogP contribution is 2.20. The van der Waals surface area contributed by atoms with E-state index in [0.717, 1.165) is 11.6 Å². The SMILES string of the molecule is N#Cc1ccc2[nH]cnc2c1C=CC(=O)O. The van der Waals surface area contributed by atoms with E-state index in [1.807, 2.05) is 6.07 Å². The number of rotatable bonds is 2. The van der Waals surface area contributed by atoms with E-state index in [-0.39, 0.29) is 0 Å². The van der Waals surface area contributed by atoms with Crippen LogP contribution in [0.5, 0.6) is 0 Å². The van der Waals surface area contributed by atoms with Gasteiger partial charge in [0.25, 0.3) is 0 Å². The van der Waals surface area contributed by atoms with Crippen LogP contribution in [0.1, 0.15) is 11.1 Å². The average Bonchev–Trinajstić information content (AvgIpc) is 2.73. The summed E-state index contributed by atoms with van der Waals surface area (Å²) >= 11 is 0. The molecule has 0 saturated heterocycles. The average molecular weight is 213 g/mol. The molecule has 1 heterocycles. The zero-order chi connectivity index (χ0) is 11.5. The highest BCUT2D eigenvalue weighted by atomic mass is 16.4. The Labute approximate surface area is 90.7 Å². The molecular weight excluding hydrogens is 206 g/mol. The number of benzene rings is 1. The second-order valence-electron chi connectivity index (χ2n) is 3.11. The van der Waals surface area contributed by atoms with Crippen molar-refractivity contribution in [1.29, 1.82) is 5.26 Å². The minimum atomic E-state index is -1.06. The van der Waals surface area contributed by atoms with Crippen molar-refractivity contribution < 1.29 is 9.90 Å². The lowest BCUT2D eigenvalue weighted by molar-refractivity contribution is -0.131. The fourth-order valence-electron chi connectivity index (χ4n) is 1.45. The molecule has 2 aromatic rings. The van der Waals surface area contributed by atoms with E-state index >= 15 is 0 Å². The predicted octanol–water partition coefficient (Wildman–Crippen LogP) is 1.53. The summed E-state index contributed by atoms with van der Waals surface area (Å²) in [7, 11) is 0. The molecule has 0 radical (unpaired) electrons. The lowest BCUT2D eigenvalue weighted by Crippen LogP contribution is -1.89. The molecule has 16 heavy (non-hydrogen) atoms. The van der Waals surface area contributed by atoms with Gasteiger partial charge in [-0.3, -0.25) is 0 Å². The summed E-state index contributed by atoms with van der Waals surface area (Å²) in [6.07, 6.45) is 3.87. The molecule has 0 fully saturated rings. The van der Waals surface area contributed by atoms with Gasteiger partial charge in [0.15, 0.2) is 0 Å². The van der Waals surface area contributed by atoms with Gasteiger partial charge in [0.1, 0.15) is 0 Å². The van der Waals surface area contributed by atoms with Gasteiger partial charge in [-0.15, -0.1) is 0 Å². The van der Waals surface area contributed by atoms with Crippen molar-refractivity contribution >= 4 is 23.1 Å². The van der Waals surface area contributed by atoms with Crippen LogP contribution >= 0.6 is 0 Å². The molecule has 0 bridgehead atoms. The van der Waals surface area contributed by atoms with Crippen LogP contribution in [0.4, 0.5) is 0 Å². The van der Waals surface area contributed by atoms with Gasteiger partial charge in [0.05, 0.1) is 29.0 Å². The third kappa shape index (κ3) is 1.64. The summed E-state index contributed by atoms with van der Waals surface area (Å²) in [4.78, 5) is 17.4. The summed E-state index contributed by atoms with van der Waals surface area (Å²) in [5.41, 5.74) is 2.28. The molecule has 2 N–H and O–H groups in total. The van der Waals surface area contributed by atoms with Crippen molar-refractivity contribution in [2.24, 2.45) is 0 Å². The maximum atomic E-state index is 10.4. The van der Waals surface area contributed by atoms with E-state index in [4.69, 9.17) is 10.4 Å². The summed E-state index contributed by atoms with van der Waals surface area (Å²) in [5, 5.41) is 17.5. The molecule has 5 nitrogen and oxygen atoms in total. The number of nitrogens with one attached hydrogen (secondary N) is 1. The second-order valence-corrected chi connectivity index (χ2v) is 3.11. The molecule has 0 aliphatic heterocycles. The largest absolute Gasteiger partial charge is 0.478 e. The summed E-state index contributed by atoms with van der Waals surface area (Å²) in [6.45, 7) is 0. The van der Waals surface area contributed by atoms with Crippen molar-refractivity contribution in [2.75, 3.05) is 0 Å². The molecule has 0 atom stereocenters. The van der Waals surface area contributed by atoms with E-state index in [9.17, 15) is 4.79 Å². The molecule has 78 valence electrons. The number of aromatic amines is 1. The number of carboxylic acids is 1. The molecule has 5 heteroatoms. The fraction of sp³-hybridized carbons (Fsp3) is 0. The molecule has 0 aliphatic rings. The molecule has 1 aromatic heterocycles. The summed E-state index contributed by atoms with van der Waals surface area (Å²) < 4.78 is 0. The normalized spacial score (nSPS) is 10.7. The highest BCUT2D eigenvalue weighted by molar-refractivity contribution is 5.92. The zero-order valence-electron chi connectivity index (χ0n) is 8.14. The standard InChI is InChI=1S/C11H7N3O2/c12-5-7-1-3-9-11(14-6-13-9)8(7)2-4-10(15)16/h1-4,6H,(H,13,14)(H,15,16). The van der Waals surface area contributed by atoms with Gasteiger partial charge in [0.2, 0.25) is 0 Å².